The van der Waals surface area contributed by atoms with Gasteiger partial charge >= 0.3 is 5.97 Å². The molecule has 0 bridgehead atoms. The van der Waals surface area contributed by atoms with Crippen molar-refractivity contribution in [2.24, 2.45) is 0 Å². The first-order chi connectivity index (χ1) is 9.93. The highest BCUT2D eigenvalue weighted by atomic mass is 16.5. The number of methoxy groups -OCH3 is 1. The van der Waals surface area contributed by atoms with Crippen molar-refractivity contribution < 1.29 is 24.2 Å². The molecule has 0 saturated heterocycles. The summed E-state index contributed by atoms with van der Waals surface area (Å²) in [6.07, 6.45) is -0.181. The van der Waals surface area contributed by atoms with Crippen molar-refractivity contribution in [1.29, 1.82) is 0 Å². The first kappa shape index (κ1) is 16.6. The number of hydrogen-bond acceptors (Lipinski definition) is 4. The van der Waals surface area contributed by atoms with Gasteiger partial charge < -0.3 is 20.1 Å². The molecule has 0 atom stereocenters. The molecule has 7 nitrogen and oxygen atoms in total. The van der Waals surface area contributed by atoms with Crippen LogP contribution in [0, 0.1) is 0 Å². The predicted octanol–water partition coefficient (Wildman–Crippen LogP) is 1.10. The Morgan fingerprint density at radius 3 is 2.62 bits per heavy atom. The number of carboxylic acids is 1. The molecular formula is C14H18N2O5. The van der Waals surface area contributed by atoms with Crippen LogP contribution in [0.1, 0.15) is 13.3 Å². The summed E-state index contributed by atoms with van der Waals surface area (Å²) in [6, 6.07) is 6.63. The number of aliphatic carboxylic acids is 1. The maximum Gasteiger partial charge on any atom is 0.305 e. The molecule has 0 spiro atoms. The van der Waals surface area contributed by atoms with Crippen LogP contribution in [0.2, 0.25) is 0 Å². The first-order valence-corrected chi connectivity index (χ1v) is 6.32. The quantitative estimate of drug-likeness (QED) is 0.785. The Labute approximate surface area is 122 Å². The molecule has 0 heterocycles. The van der Waals surface area contributed by atoms with E-state index in [2.05, 4.69) is 5.32 Å². The molecule has 0 unspecified atom stereocenters. The summed E-state index contributed by atoms with van der Waals surface area (Å²) in [5, 5.41) is 11.4. The first-order valence-electron chi connectivity index (χ1n) is 6.32. The van der Waals surface area contributed by atoms with Crippen molar-refractivity contribution in [1.82, 2.24) is 0 Å². The van der Waals surface area contributed by atoms with Crippen LogP contribution in [-0.4, -0.2) is 43.2 Å². The van der Waals surface area contributed by atoms with Crippen LogP contribution in [-0.2, 0) is 19.1 Å². The molecule has 1 aromatic rings. The van der Waals surface area contributed by atoms with Crippen LogP contribution >= 0.6 is 0 Å². The Balaban J connectivity index is 2.97. The summed E-state index contributed by atoms with van der Waals surface area (Å²) in [6.45, 7) is 1.26. The van der Waals surface area contributed by atoms with E-state index in [9.17, 15) is 14.4 Å². The van der Waals surface area contributed by atoms with Crippen molar-refractivity contribution in [2.45, 2.75) is 13.3 Å². The molecule has 21 heavy (non-hydrogen) atoms. The lowest BCUT2D eigenvalue weighted by Gasteiger charge is -2.22. The Morgan fingerprint density at radius 2 is 2.05 bits per heavy atom. The number of nitrogens with zero attached hydrogens (tertiary/aromatic N) is 1. The Kier molecular flexibility index (Phi) is 6.35. The summed E-state index contributed by atoms with van der Waals surface area (Å²) >= 11 is 0. The van der Waals surface area contributed by atoms with Crippen molar-refractivity contribution in [2.75, 3.05) is 30.5 Å². The molecular weight excluding hydrogens is 276 g/mol. The fourth-order valence-corrected chi connectivity index (χ4v) is 1.76. The molecule has 1 rings (SSSR count). The SMILES string of the molecule is COCC(=O)N(CCC(=O)O)c1cccc(NC(C)=O)c1. The van der Waals surface area contributed by atoms with Gasteiger partial charge in [-0.1, -0.05) is 6.07 Å². The summed E-state index contributed by atoms with van der Waals surface area (Å²) in [4.78, 5) is 35.1. The second-order valence-corrected chi connectivity index (χ2v) is 4.35. The number of carbonyl (C=O) groups is 3. The van der Waals surface area contributed by atoms with Gasteiger partial charge in [-0.15, -0.1) is 0 Å². The van der Waals surface area contributed by atoms with Crippen molar-refractivity contribution in [3.05, 3.63) is 24.3 Å². The summed E-state index contributed by atoms with van der Waals surface area (Å²) < 4.78 is 4.80. The molecule has 0 aromatic heterocycles. The number of rotatable bonds is 7. The van der Waals surface area contributed by atoms with E-state index in [0.29, 0.717) is 11.4 Å². The number of nitrogens with one attached hydrogen (secondary N) is 1. The van der Waals surface area contributed by atoms with Crippen molar-refractivity contribution >= 4 is 29.2 Å². The van der Waals surface area contributed by atoms with Gasteiger partial charge in [0.05, 0.1) is 6.42 Å². The van der Waals surface area contributed by atoms with E-state index in [-0.39, 0.29) is 31.4 Å². The normalized spacial score (nSPS) is 10.0. The highest BCUT2D eigenvalue weighted by molar-refractivity contribution is 5.96. The average Bonchev–Trinajstić information content (AvgIpc) is 2.38. The summed E-state index contributed by atoms with van der Waals surface area (Å²) in [5.74, 6) is -1.57. The molecule has 0 saturated carbocycles. The van der Waals surface area contributed by atoms with E-state index in [1.807, 2.05) is 0 Å². The zero-order valence-corrected chi connectivity index (χ0v) is 12.0. The van der Waals surface area contributed by atoms with E-state index in [1.165, 1.54) is 18.9 Å². The van der Waals surface area contributed by atoms with Crippen molar-refractivity contribution in [3.8, 4) is 0 Å². The van der Waals surface area contributed by atoms with Crippen LogP contribution in [0.15, 0.2) is 24.3 Å². The Hall–Kier alpha value is -2.41. The van der Waals surface area contributed by atoms with Crippen LogP contribution < -0.4 is 10.2 Å². The third kappa shape index (κ3) is 5.62. The smallest absolute Gasteiger partial charge is 0.305 e. The van der Waals surface area contributed by atoms with E-state index in [1.54, 1.807) is 24.3 Å². The summed E-state index contributed by atoms with van der Waals surface area (Å²) in [7, 11) is 1.39. The number of hydrogen-bond donors (Lipinski definition) is 2. The van der Waals surface area contributed by atoms with Gasteiger partial charge in [0.2, 0.25) is 5.91 Å². The van der Waals surface area contributed by atoms with E-state index in [0.717, 1.165) is 0 Å². The molecule has 2 amide bonds. The number of carbonyl (C=O) groups excluding carboxylic acids is 2. The predicted molar refractivity (Wildman–Crippen MR) is 77.2 cm³/mol. The topological polar surface area (TPSA) is 95.9 Å². The number of amides is 2. The Morgan fingerprint density at radius 1 is 1.33 bits per heavy atom. The fourth-order valence-electron chi connectivity index (χ4n) is 1.76. The maximum absolute atomic E-state index is 12.0. The van der Waals surface area contributed by atoms with Gasteiger partial charge in [-0.25, -0.2) is 0 Å². The summed E-state index contributed by atoms with van der Waals surface area (Å²) in [5.41, 5.74) is 1.04. The zero-order chi connectivity index (χ0) is 15.8. The number of benzene rings is 1. The fraction of sp³-hybridized carbons (Fsp3) is 0.357. The molecule has 0 radical (unpaired) electrons. The Bertz CT molecular complexity index is 530. The molecule has 114 valence electrons. The number of carboxylic acid groups (broad SMARTS) is 1. The van der Waals surface area contributed by atoms with Crippen LogP contribution in [0.3, 0.4) is 0 Å². The van der Waals surface area contributed by atoms with E-state index < -0.39 is 5.97 Å². The minimum atomic E-state index is -0.997. The van der Waals surface area contributed by atoms with Crippen LogP contribution in [0.25, 0.3) is 0 Å². The number of ether oxygens (including phenoxy) is 1. The standard InChI is InChI=1S/C14H18N2O5/c1-10(17)15-11-4-3-5-12(8-11)16(7-6-14(19)20)13(18)9-21-2/h3-5,8H,6-7,9H2,1-2H3,(H,15,17)(H,19,20). The van der Waals surface area contributed by atoms with Crippen LogP contribution in [0.4, 0.5) is 11.4 Å². The minimum absolute atomic E-state index is 0.0288. The molecule has 0 fully saturated rings. The second-order valence-electron chi connectivity index (χ2n) is 4.35. The van der Waals surface area contributed by atoms with Gasteiger partial charge in [0.15, 0.2) is 0 Å². The van der Waals surface area contributed by atoms with Gasteiger partial charge in [-0.3, -0.25) is 14.4 Å². The second kappa shape index (κ2) is 8.01. The van der Waals surface area contributed by atoms with Gasteiger partial charge in [0.25, 0.3) is 5.91 Å². The molecule has 0 aliphatic rings. The average molecular weight is 294 g/mol. The molecule has 1 aromatic carbocycles. The highest BCUT2D eigenvalue weighted by Gasteiger charge is 2.17. The lowest BCUT2D eigenvalue weighted by molar-refractivity contribution is -0.136. The van der Waals surface area contributed by atoms with Gasteiger partial charge in [-0.2, -0.15) is 0 Å². The monoisotopic (exact) mass is 294 g/mol. The van der Waals surface area contributed by atoms with Crippen molar-refractivity contribution in [3.63, 3.8) is 0 Å². The van der Waals surface area contributed by atoms with Gasteiger partial charge in [-0.05, 0) is 18.2 Å². The molecule has 0 aliphatic heterocycles. The molecule has 2 N–H and O–H groups in total. The maximum atomic E-state index is 12.0. The highest BCUT2D eigenvalue weighted by Crippen LogP contribution is 2.20. The van der Waals surface area contributed by atoms with E-state index in [4.69, 9.17) is 9.84 Å². The zero-order valence-electron chi connectivity index (χ0n) is 12.0. The minimum Gasteiger partial charge on any atom is -0.481 e. The largest absolute Gasteiger partial charge is 0.481 e. The number of anilines is 2. The lowest BCUT2D eigenvalue weighted by atomic mass is 10.2. The molecule has 7 heteroatoms. The van der Waals surface area contributed by atoms with Crippen LogP contribution in [0.5, 0.6) is 0 Å². The molecule has 0 aliphatic carbocycles. The van der Waals surface area contributed by atoms with E-state index >= 15 is 0 Å². The third-order valence-electron chi connectivity index (χ3n) is 2.60. The van der Waals surface area contributed by atoms with Gasteiger partial charge in [0.1, 0.15) is 6.61 Å². The lowest BCUT2D eigenvalue weighted by Crippen LogP contribution is -2.35. The van der Waals surface area contributed by atoms with Gasteiger partial charge in [0, 0.05) is 32.0 Å². The third-order valence-corrected chi connectivity index (χ3v) is 2.60.